The molecule has 1 amide bonds. The number of rotatable bonds is 1. The first-order valence-electron chi connectivity index (χ1n) is 5.60. The summed E-state index contributed by atoms with van der Waals surface area (Å²) in [7, 11) is 0. The van der Waals surface area contributed by atoms with Gasteiger partial charge in [0.2, 0.25) is 5.91 Å². The Morgan fingerprint density at radius 1 is 1.44 bits per heavy atom. The Kier molecular flexibility index (Phi) is 2.58. The lowest BCUT2D eigenvalue weighted by Gasteiger charge is -2.38. The lowest BCUT2D eigenvalue weighted by Crippen LogP contribution is -2.40. The third-order valence-electron chi connectivity index (χ3n) is 3.33. The summed E-state index contributed by atoms with van der Waals surface area (Å²) in [5, 5.41) is 0. The predicted molar refractivity (Wildman–Crippen MR) is 66.6 cm³/mol. The van der Waals surface area contributed by atoms with E-state index in [-0.39, 0.29) is 11.3 Å². The molecular weight excluding hydrogens is 198 g/mol. The van der Waals surface area contributed by atoms with Crippen molar-refractivity contribution in [2.75, 3.05) is 11.4 Å². The maximum Gasteiger partial charge on any atom is 0.250 e. The van der Waals surface area contributed by atoms with Gasteiger partial charge < -0.3 is 4.90 Å². The van der Waals surface area contributed by atoms with E-state index in [1.54, 1.807) is 0 Å². The molecule has 1 aliphatic rings. The molecule has 0 spiro atoms. The van der Waals surface area contributed by atoms with Crippen molar-refractivity contribution in [1.29, 1.82) is 0 Å². The summed E-state index contributed by atoms with van der Waals surface area (Å²) >= 11 is 0. The van der Waals surface area contributed by atoms with Gasteiger partial charge in [-0.1, -0.05) is 38.6 Å². The molecule has 2 rings (SSSR count). The summed E-state index contributed by atoms with van der Waals surface area (Å²) in [5.74, 6) is -0.0112. The van der Waals surface area contributed by atoms with E-state index in [0.29, 0.717) is 0 Å². The molecule has 0 aromatic heterocycles. The first-order valence-corrected chi connectivity index (χ1v) is 5.60. The molecule has 2 nitrogen and oxygen atoms in total. The van der Waals surface area contributed by atoms with Crippen molar-refractivity contribution in [3.63, 3.8) is 0 Å². The van der Waals surface area contributed by atoms with Crippen LogP contribution in [0.15, 0.2) is 36.9 Å². The van der Waals surface area contributed by atoms with Crippen LogP contribution >= 0.6 is 0 Å². The summed E-state index contributed by atoms with van der Waals surface area (Å²) in [6, 6.07) is 8.13. The number of carbonyl (C=O) groups excluding carboxylic acids is 1. The van der Waals surface area contributed by atoms with Gasteiger partial charge in [-0.15, -0.1) is 0 Å². The van der Waals surface area contributed by atoms with Crippen molar-refractivity contribution in [2.24, 2.45) is 0 Å². The lowest BCUT2D eigenvalue weighted by atomic mass is 9.77. The van der Waals surface area contributed by atoms with Crippen LogP contribution in [0.2, 0.25) is 0 Å². The molecule has 0 aliphatic carbocycles. The van der Waals surface area contributed by atoms with Gasteiger partial charge in [-0.2, -0.15) is 0 Å². The van der Waals surface area contributed by atoms with E-state index in [1.807, 2.05) is 23.1 Å². The van der Waals surface area contributed by atoms with Gasteiger partial charge in [-0.25, -0.2) is 0 Å². The Bertz CT molecular complexity index is 434. The maximum atomic E-state index is 11.7. The number of hydrogen-bond acceptors (Lipinski definition) is 1. The lowest BCUT2D eigenvalue weighted by molar-refractivity contribution is -0.114. The number of nitrogens with zero attached hydrogens (tertiary/aromatic N) is 1. The zero-order chi connectivity index (χ0) is 11.8. The summed E-state index contributed by atoms with van der Waals surface area (Å²) < 4.78 is 0. The fourth-order valence-electron chi connectivity index (χ4n) is 2.27. The molecule has 84 valence electrons. The van der Waals surface area contributed by atoms with Crippen LogP contribution in [0, 0.1) is 0 Å². The number of anilines is 1. The predicted octanol–water partition coefficient (Wildman–Crippen LogP) is 2.89. The van der Waals surface area contributed by atoms with E-state index in [9.17, 15) is 4.79 Å². The van der Waals surface area contributed by atoms with Gasteiger partial charge >= 0.3 is 0 Å². The van der Waals surface area contributed by atoms with Crippen molar-refractivity contribution < 1.29 is 4.79 Å². The van der Waals surface area contributed by atoms with E-state index in [1.165, 1.54) is 11.6 Å². The highest BCUT2D eigenvalue weighted by molar-refractivity contribution is 6.02. The SMILES string of the molecule is C=CC(=O)N1CCC(C)(C)c2ccccc21. The molecule has 2 heteroatoms. The second kappa shape index (κ2) is 3.78. The number of benzene rings is 1. The minimum absolute atomic E-state index is 0.0112. The fourth-order valence-corrected chi connectivity index (χ4v) is 2.27. The zero-order valence-electron chi connectivity index (χ0n) is 9.86. The van der Waals surface area contributed by atoms with Gasteiger partial charge in [-0.3, -0.25) is 4.79 Å². The molecule has 1 aliphatic heterocycles. The smallest absolute Gasteiger partial charge is 0.250 e. The Balaban J connectivity index is 2.51. The average molecular weight is 215 g/mol. The average Bonchev–Trinajstić information content (AvgIpc) is 2.28. The van der Waals surface area contributed by atoms with Crippen LogP contribution in [0.3, 0.4) is 0 Å². The highest BCUT2D eigenvalue weighted by Gasteiger charge is 2.32. The first kappa shape index (κ1) is 10.9. The van der Waals surface area contributed by atoms with Crippen molar-refractivity contribution in [1.82, 2.24) is 0 Å². The van der Waals surface area contributed by atoms with E-state index >= 15 is 0 Å². The second-order valence-corrected chi connectivity index (χ2v) is 4.85. The van der Waals surface area contributed by atoms with Crippen LogP contribution in [-0.2, 0) is 10.2 Å². The van der Waals surface area contributed by atoms with Crippen LogP contribution in [-0.4, -0.2) is 12.5 Å². The molecule has 0 radical (unpaired) electrons. The third-order valence-corrected chi connectivity index (χ3v) is 3.33. The molecule has 0 bridgehead atoms. The van der Waals surface area contributed by atoms with Crippen molar-refractivity contribution in [3.8, 4) is 0 Å². The van der Waals surface area contributed by atoms with Crippen molar-refractivity contribution in [2.45, 2.75) is 25.7 Å². The monoisotopic (exact) mass is 215 g/mol. The largest absolute Gasteiger partial charge is 0.309 e. The van der Waals surface area contributed by atoms with E-state index < -0.39 is 0 Å². The van der Waals surface area contributed by atoms with Crippen LogP contribution in [0.25, 0.3) is 0 Å². The van der Waals surface area contributed by atoms with Crippen molar-refractivity contribution >= 4 is 11.6 Å². The van der Waals surface area contributed by atoms with Gasteiger partial charge in [-0.05, 0) is 29.5 Å². The summed E-state index contributed by atoms with van der Waals surface area (Å²) in [6.45, 7) is 8.77. The molecule has 0 unspecified atom stereocenters. The number of amides is 1. The minimum atomic E-state index is -0.0112. The topological polar surface area (TPSA) is 20.3 Å². The second-order valence-electron chi connectivity index (χ2n) is 4.85. The molecule has 0 fully saturated rings. The van der Waals surface area contributed by atoms with Gasteiger partial charge in [0.15, 0.2) is 0 Å². The summed E-state index contributed by atoms with van der Waals surface area (Å²) in [5.41, 5.74) is 2.43. The van der Waals surface area contributed by atoms with E-state index in [4.69, 9.17) is 0 Å². The molecule has 0 N–H and O–H groups in total. The number of fused-ring (bicyclic) bond motifs is 1. The quantitative estimate of drug-likeness (QED) is 0.660. The number of para-hydroxylation sites is 1. The van der Waals surface area contributed by atoms with Gasteiger partial charge in [0, 0.05) is 12.2 Å². The summed E-state index contributed by atoms with van der Waals surface area (Å²) in [6.07, 6.45) is 2.37. The first-order chi connectivity index (χ1) is 7.56. The molecule has 0 saturated carbocycles. The normalized spacial score (nSPS) is 17.8. The fraction of sp³-hybridized carbons (Fsp3) is 0.357. The molecule has 1 aromatic carbocycles. The van der Waals surface area contributed by atoms with E-state index in [0.717, 1.165) is 18.7 Å². The van der Waals surface area contributed by atoms with Crippen LogP contribution < -0.4 is 4.90 Å². The van der Waals surface area contributed by atoms with Crippen LogP contribution in [0.5, 0.6) is 0 Å². The number of carbonyl (C=O) groups is 1. The maximum absolute atomic E-state index is 11.7. The molecule has 1 aromatic rings. The minimum Gasteiger partial charge on any atom is -0.309 e. The van der Waals surface area contributed by atoms with Gasteiger partial charge in [0.05, 0.1) is 0 Å². The Morgan fingerprint density at radius 2 is 2.12 bits per heavy atom. The molecule has 0 saturated heterocycles. The standard InChI is InChI=1S/C14H17NO/c1-4-13(16)15-10-9-14(2,3)11-7-5-6-8-12(11)15/h4-8H,1,9-10H2,2-3H3. The third kappa shape index (κ3) is 1.64. The highest BCUT2D eigenvalue weighted by Crippen LogP contribution is 2.39. The number of hydrogen-bond donors (Lipinski definition) is 0. The van der Waals surface area contributed by atoms with Crippen molar-refractivity contribution in [3.05, 3.63) is 42.5 Å². The van der Waals surface area contributed by atoms with Crippen LogP contribution in [0.4, 0.5) is 5.69 Å². The highest BCUT2D eigenvalue weighted by atomic mass is 16.2. The molecule has 1 heterocycles. The molecular formula is C14H17NO. The Hall–Kier alpha value is -1.57. The van der Waals surface area contributed by atoms with E-state index in [2.05, 4.69) is 26.5 Å². The zero-order valence-corrected chi connectivity index (χ0v) is 9.86. The van der Waals surface area contributed by atoms with Gasteiger partial charge in [0.1, 0.15) is 0 Å². The Labute approximate surface area is 96.6 Å². The molecule has 16 heavy (non-hydrogen) atoms. The summed E-state index contributed by atoms with van der Waals surface area (Å²) in [4.78, 5) is 13.6. The Morgan fingerprint density at radius 3 is 2.81 bits per heavy atom. The van der Waals surface area contributed by atoms with Gasteiger partial charge in [0.25, 0.3) is 0 Å². The van der Waals surface area contributed by atoms with Crippen LogP contribution in [0.1, 0.15) is 25.8 Å². The molecule has 0 atom stereocenters.